The highest BCUT2D eigenvalue weighted by atomic mass is 17.1. The van der Waals surface area contributed by atoms with Crippen LogP contribution in [-0.2, 0) is 4.89 Å². The highest BCUT2D eigenvalue weighted by Gasteiger charge is 2.17. The zero-order valence-corrected chi connectivity index (χ0v) is 8.05. The van der Waals surface area contributed by atoms with Crippen LogP contribution in [-0.4, -0.2) is 5.26 Å². The Morgan fingerprint density at radius 2 is 1.87 bits per heavy atom. The van der Waals surface area contributed by atoms with Crippen molar-refractivity contribution in [2.24, 2.45) is 0 Å². The Labute approximate surface area is 87.3 Å². The van der Waals surface area contributed by atoms with E-state index in [2.05, 4.69) is 23.1 Å². The Morgan fingerprint density at radius 1 is 1.07 bits per heavy atom. The van der Waals surface area contributed by atoms with Crippen molar-refractivity contribution in [3.05, 3.63) is 53.6 Å². The summed E-state index contributed by atoms with van der Waals surface area (Å²) in [5.41, 5.74) is 2.20. The summed E-state index contributed by atoms with van der Waals surface area (Å²) in [6, 6.07) is 12.2. The standard InChI is InChI=1S/C13H10O2/c14-15-12-8-7-10-4-1-3-9-5-2-6-11(12)13(9)10/h1-8,12,14H. The topological polar surface area (TPSA) is 29.5 Å². The van der Waals surface area contributed by atoms with E-state index >= 15 is 0 Å². The summed E-state index contributed by atoms with van der Waals surface area (Å²) in [6.07, 6.45) is 3.50. The van der Waals surface area contributed by atoms with Gasteiger partial charge in [-0.05, 0) is 28.0 Å². The molecule has 0 heterocycles. The highest BCUT2D eigenvalue weighted by molar-refractivity contribution is 5.95. The van der Waals surface area contributed by atoms with Crippen molar-refractivity contribution in [1.29, 1.82) is 0 Å². The first kappa shape index (κ1) is 8.65. The highest BCUT2D eigenvalue weighted by Crippen LogP contribution is 2.34. The normalized spacial score (nSPS) is 18.3. The van der Waals surface area contributed by atoms with Crippen molar-refractivity contribution in [2.45, 2.75) is 6.10 Å². The zero-order valence-electron chi connectivity index (χ0n) is 8.05. The van der Waals surface area contributed by atoms with E-state index in [0.717, 1.165) is 5.56 Å². The van der Waals surface area contributed by atoms with E-state index in [9.17, 15) is 0 Å². The third-order valence-corrected chi connectivity index (χ3v) is 2.84. The van der Waals surface area contributed by atoms with Crippen LogP contribution >= 0.6 is 0 Å². The third-order valence-electron chi connectivity index (χ3n) is 2.84. The summed E-state index contributed by atoms with van der Waals surface area (Å²) >= 11 is 0. The molecule has 2 aromatic rings. The van der Waals surface area contributed by atoms with Gasteiger partial charge in [-0.3, -0.25) is 5.26 Å². The molecular weight excluding hydrogens is 188 g/mol. The van der Waals surface area contributed by atoms with Gasteiger partial charge in [0.2, 0.25) is 0 Å². The summed E-state index contributed by atoms with van der Waals surface area (Å²) < 4.78 is 0. The van der Waals surface area contributed by atoms with Gasteiger partial charge < -0.3 is 0 Å². The van der Waals surface area contributed by atoms with Crippen LogP contribution in [0.5, 0.6) is 0 Å². The second-order valence-corrected chi connectivity index (χ2v) is 3.68. The van der Waals surface area contributed by atoms with Gasteiger partial charge in [0.25, 0.3) is 0 Å². The van der Waals surface area contributed by atoms with Crippen LogP contribution in [0.1, 0.15) is 17.2 Å². The molecule has 1 aliphatic carbocycles. The second-order valence-electron chi connectivity index (χ2n) is 3.68. The fourth-order valence-corrected chi connectivity index (χ4v) is 2.16. The molecule has 15 heavy (non-hydrogen) atoms. The van der Waals surface area contributed by atoms with E-state index in [0.29, 0.717) is 0 Å². The fraction of sp³-hybridized carbons (Fsp3) is 0.0769. The average molecular weight is 198 g/mol. The summed E-state index contributed by atoms with van der Waals surface area (Å²) in [7, 11) is 0. The van der Waals surface area contributed by atoms with Gasteiger partial charge in [0.05, 0.1) is 0 Å². The molecule has 3 rings (SSSR count). The minimum absolute atomic E-state index is 0.344. The summed E-state index contributed by atoms with van der Waals surface area (Å²) in [5.74, 6) is 0. The maximum Gasteiger partial charge on any atom is 0.137 e. The van der Waals surface area contributed by atoms with Gasteiger partial charge in [-0.25, -0.2) is 4.89 Å². The van der Waals surface area contributed by atoms with E-state index in [-0.39, 0.29) is 6.10 Å². The molecule has 2 nitrogen and oxygen atoms in total. The van der Waals surface area contributed by atoms with Crippen molar-refractivity contribution >= 4 is 16.8 Å². The maximum atomic E-state index is 8.82. The Morgan fingerprint density at radius 3 is 2.67 bits per heavy atom. The molecule has 0 aliphatic heterocycles. The molecule has 0 amide bonds. The maximum absolute atomic E-state index is 8.82. The van der Waals surface area contributed by atoms with Gasteiger partial charge in [-0.1, -0.05) is 42.5 Å². The molecular formula is C13H10O2. The number of benzene rings is 2. The molecule has 1 atom stereocenters. The van der Waals surface area contributed by atoms with Gasteiger partial charge in [0.15, 0.2) is 0 Å². The van der Waals surface area contributed by atoms with Crippen molar-refractivity contribution in [3.8, 4) is 0 Å². The first-order valence-corrected chi connectivity index (χ1v) is 4.90. The molecule has 1 N–H and O–H groups in total. The summed E-state index contributed by atoms with van der Waals surface area (Å²) in [6.45, 7) is 0. The van der Waals surface area contributed by atoms with Crippen LogP contribution in [0.2, 0.25) is 0 Å². The molecule has 1 unspecified atom stereocenters. The number of hydrogen-bond donors (Lipinski definition) is 1. The average Bonchev–Trinajstić information content (AvgIpc) is 2.30. The Kier molecular flexibility index (Phi) is 1.84. The quantitative estimate of drug-likeness (QED) is 0.562. The van der Waals surface area contributed by atoms with Gasteiger partial charge in [0, 0.05) is 0 Å². The van der Waals surface area contributed by atoms with Crippen molar-refractivity contribution in [2.75, 3.05) is 0 Å². The van der Waals surface area contributed by atoms with E-state index in [1.165, 1.54) is 16.3 Å². The lowest BCUT2D eigenvalue weighted by Gasteiger charge is -2.18. The van der Waals surface area contributed by atoms with Gasteiger partial charge in [-0.2, -0.15) is 0 Å². The summed E-state index contributed by atoms with van der Waals surface area (Å²) in [5, 5.41) is 11.2. The molecule has 0 saturated carbocycles. The molecule has 1 aliphatic rings. The SMILES string of the molecule is OOC1C=Cc2cccc3cccc1c23. The lowest BCUT2D eigenvalue weighted by atomic mass is 9.92. The number of hydrogen-bond acceptors (Lipinski definition) is 2. The van der Waals surface area contributed by atoms with Crippen molar-refractivity contribution < 1.29 is 10.1 Å². The smallest absolute Gasteiger partial charge is 0.137 e. The Bertz CT molecular complexity index is 538. The van der Waals surface area contributed by atoms with Crippen LogP contribution < -0.4 is 0 Å². The van der Waals surface area contributed by atoms with Crippen LogP contribution in [0, 0.1) is 0 Å². The minimum atomic E-state index is -0.344. The predicted octanol–water partition coefficient (Wildman–Crippen LogP) is 3.40. The first-order valence-electron chi connectivity index (χ1n) is 4.90. The Hall–Kier alpha value is -1.64. The molecule has 0 radical (unpaired) electrons. The lowest BCUT2D eigenvalue weighted by molar-refractivity contribution is -0.268. The third kappa shape index (κ3) is 1.19. The molecule has 74 valence electrons. The Balaban J connectivity index is 2.41. The molecule has 0 aromatic heterocycles. The second kappa shape index (κ2) is 3.19. The van der Waals surface area contributed by atoms with E-state index in [1.807, 2.05) is 30.4 Å². The number of rotatable bonds is 1. The molecule has 0 bridgehead atoms. The molecule has 0 spiro atoms. The first-order chi connectivity index (χ1) is 7.40. The van der Waals surface area contributed by atoms with Gasteiger partial charge >= 0.3 is 0 Å². The zero-order chi connectivity index (χ0) is 10.3. The van der Waals surface area contributed by atoms with Gasteiger partial charge in [0.1, 0.15) is 6.10 Å². The van der Waals surface area contributed by atoms with Crippen LogP contribution in [0.15, 0.2) is 42.5 Å². The predicted molar refractivity (Wildman–Crippen MR) is 59.4 cm³/mol. The lowest BCUT2D eigenvalue weighted by Crippen LogP contribution is -2.03. The van der Waals surface area contributed by atoms with Crippen molar-refractivity contribution in [3.63, 3.8) is 0 Å². The van der Waals surface area contributed by atoms with E-state index in [1.54, 1.807) is 0 Å². The largest absolute Gasteiger partial charge is 0.251 e. The van der Waals surface area contributed by atoms with Crippen molar-refractivity contribution in [1.82, 2.24) is 0 Å². The van der Waals surface area contributed by atoms with Gasteiger partial charge in [-0.15, -0.1) is 0 Å². The monoisotopic (exact) mass is 198 g/mol. The minimum Gasteiger partial charge on any atom is -0.251 e. The molecule has 0 saturated heterocycles. The molecule has 0 fully saturated rings. The summed E-state index contributed by atoms with van der Waals surface area (Å²) in [4.78, 5) is 4.45. The molecule has 2 aromatic carbocycles. The molecule has 2 heteroatoms. The van der Waals surface area contributed by atoms with E-state index in [4.69, 9.17) is 5.26 Å². The van der Waals surface area contributed by atoms with Crippen LogP contribution in [0.3, 0.4) is 0 Å². The van der Waals surface area contributed by atoms with Crippen LogP contribution in [0.25, 0.3) is 16.8 Å². The van der Waals surface area contributed by atoms with Crippen LogP contribution in [0.4, 0.5) is 0 Å². The fourth-order valence-electron chi connectivity index (χ4n) is 2.16. The van der Waals surface area contributed by atoms with E-state index < -0.39 is 0 Å².